The Balaban J connectivity index is 1.26. The van der Waals surface area contributed by atoms with Crippen molar-refractivity contribution in [3.63, 3.8) is 0 Å². The standard InChI is InChI=1S/C25H33N7OS/c1-16-5-7-21(8-6-16)32-19(4)23(18(3)29-32)26-22(33)15-34-25-28-27-24(31(25)20-9-10-20)30-13-11-17(2)12-14-30/h5-8,17,20H,9-15H2,1-4H3,(H,26,33). The number of amides is 1. The third-order valence-corrected chi connectivity index (χ3v) is 7.73. The fourth-order valence-corrected chi connectivity index (χ4v) is 5.31. The number of carbonyl (C=O) groups is 1. The Hall–Kier alpha value is -2.81. The second-order valence-electron chi connectivity index (χ2n) is 9.68. The summed E-state index contributed by atoms with van der Waals surface area (Å²) in [7, 11) is 0. The van der Waals surface area contributed by atoms with Gasteiger partial charge < -0.3 is 10.2 Å². The zero-order valence-electron chi connectivity index (χ0n) is 20.4. The molecule has 3 aromatic rings. The molecule has 180 valence electrons. The molecule has 0 radical (unpaired) electrons. The molecule has 2 aliphatic rings. The molecule has 1 amide bonds. The van der Waals surface area contributed by atoms with E-state index in [-0.39, 0.29) is 11.7 Å². The Kier molecular flexibility index (Phi) is 6.38. The number of benzene rings is 1. The molecule has 0 atom stereocenters. The van der Waals surface area contributed by atoms with Gasteiger partial charge in [-0.25, -0.2) is 4.68 Å². The van der Waals surface area contributed by atoms with E-state index < -0.39 is 0 Å². The molecule has 2 fully saturated rings. The van der Waals surface area contributed by atoms with Crippen LogP contribution in [0.2, 0.25) is 0 Å². The Labute approximate surface area is 205 Å². The minimum atomic E-state index is -0.0571. The number of rotatable bonds is 7. The molecule has 0 unspecified atom stereocenters. The normalized spacial score (nSPS) is 16.8. The monoisotopic (exact) mass is 479 g/mol. The molecule has 1 aromatic carbocycles. The van der Waals surface area contributed by atoms with Crippen molar-refractivity contribution in [2.24, 2.45) is 5.92 Å². The second kappa shape index (κ2) is 9.44. The van der Waals surface area contributed by atoms with E-state index in [2.05, 4.69) is 56.1 Å². The third kappa shape index (κ3) is 4.71. The summed E-state index contributed by atoms with van der Waals surface area (Å²) < 4.78 is 4.15. The van der Waals surface area contributed by atoms with Crippen LogP contribution in [-0.4, -0.2) is 49.3 Å². The van der Waals surface area contributed by atoms with Gasteiger partial charge in [0.15, 0.2) is 5.16 Å². The summed E-state index contributed by atoms with van der Waals surface area (Å²) in [6, 6.07) is 8.68. The lowest BCUT2D eigenvalue weighted by atomic mass is 10.00. The topological polar surface area (TPSA) is 80.9 Å². The van der Waals surface area contributed by atoms with Crippen LogP contribution >= 0.6 is 11.8 Å². The van der Waals surface area contributed by atoms with Gasteiger partial charge in [-0.3, -0.25) is 9.36 Å². The number of carbonyl (C=O) groups excluding carboxylic acids is 1. The molecule has 1 saturated heterocycles. The predicted molar refractivity (Wildman–Crippen MR) is 136 cm³/mol. The van der Waals surface area contributed by atoms with E-state index in [9.17, 15) is 4.79 Å². The van der Waals surface area contributed by atoms with Crippen molar-refractivity contribution >= 4 is 29.3 Å². The largest absolute Gasteiger partial charge is 0.341 e. The molecule has 34 heavy (non-hydrogen) atoms. The summed E-state index contributed by atoms with van der Waals surface area (Å²) in [6.45, 7) is 10.3. The van der Waals surface area contributed by atoms with Crippen molar-refractivity contribution in [1.29, 1.82) is 0 Å². The van der Waals surface area contributed by atoms with Gasteiger partial charge in [0.25, 0.3) is 0 Å². The van der Waals surface area contributed by atoms with Crippen LogP contribution in [0.3, 0.4) is 0 Å². The maximum Gasteiger partial charge on any atom is 0.234 e. The number of nitrogens with zero attached hydrogens (tertiary/aromatic N) is 6. The quantitative estimate of drug-likeness (QED) is 0.495. The van der Waals surface area contributed by atoms with Crippen molar-refractivity contribution in [1.82, 2.24) is 24.5 Å². The zero-order chi connectivity index (χ0) is 23.8. The molecule has 1 N–H and O–H groups in total. The van der Waals surface area contributed by atoms with Gasteiger partial charge in [-0.2, -0.15) is 5.10 Å². The summed E-state index contributed by atoms with van der Waals surface area (Å²) in [5.74, 6) is 1.98. The smallest absolute Gasteiger partial charge is 0.234 e. The summed E-state index contributed by atoms with van der Waals surface area (Å²) in [6.07, 6.45) is 4.70. The number of anilines is 2. The van der Waals surface area contributed by atoms with Crippen molar-refractivity contribution in [2.45, 2.75) is 64.6 Å². The molecule has 1 aliphatic carbocycles. The molecule has 0 spiro atoms. The lowest BCUT2D eigenvalue weighted by Gasteiger charge is -2.31. The Morgan fingerprint density at radius 1 is 1.06 bits per heavy atom. The lowest BCUT2D eigenvalue weighted by Crippen LogP contribution is -2.34. The summed E-state index contributed by atoms with van der Waals surface area (Å²) in [5.41, 5.74) is 4.69. The van der Waals surface area contributed by atoms with Crippen LogP contribution in [0, 0.1) is 26.7 Å². The molecule has 1 saturated carbocycles. The van der Waals surface area contributed by atoms with Crippen LogP contribution in [0.5, 0.6) is 0 Å². The molecule has 5 rings (SSSR count). The van der Waals surface area contributed by atoms with E-state index in [4.69, 9.17) is 0 Å². The summed E-state index contributed by atoms with van der Waals surface area (Å²) in [4.78, 5) is 15.2. The highest BCUT2D eigenvalue weighted by atomic mass is 32.2. The number of nitrogens with one attached hydrogen (secondary N) is 1. The van der Waals surface area contributed by atoms with Crippen LogP contribution in [0.15, 0.2) is 29.4 Å². The van der Waals surface area contributed by atoms with Gasteiger partial charge >= 0.3 is 0 Å². The van der Waals surface area contributed by atoms with Gasteiger partial charge in [-0.1, -0.05) is 36.4 Å². The third-order valence-electron chi connectivity index (χ3n) is 6.79. The van der Waals surface area contributed by atoms with Crippen molar-refractivity contribution in [2.75, 3.05) is 29.1 Å². The molecule has 0 bridgehead atoms. The highest BCUT2D eigenvalue weighted by molar-refractivity contribution is 7.99. The first-order valence-corrected chi connectivity index (χ1v) is 13.1. The van der Waals surface area contributed by atoms with Gasteiger partial charge in [0.1, 0.15) is 0 Å². The van der Waals surface area contributed by atoms with Crippen LogP contribution in [0.25, 0.3) is 5.69 Å². The molecule has 9 heteroatoms. The molecular formula is C25H33N7OS. The number of piperidine rings is 1. The molecule has 2 aromatic heterocycles. The minimum Gasteiger partial charge on any atom is -0.341 e. The first-order chi connectivity index (χ1) is 16.4. The van der Waals surface area contributed by atoms with Crippen molar-refractivity contribution < 1.29 is 4.79 Å². The van der Waals surface area contributed by atoms with Crippen LogP contribution in [-0.2, 0) is 4.79 Å². The highest BCUT2D eigenvalue weighted by Crippen LogP contribution is 2.41. The van der Waals surface area contributed by atoms with Crippen LogP contribution in [0.1, 0.15) is 55.6 Å². The zero-order valence-corrected chi connectivity index (χ0v) is 21.2. The van der Waals surface area contributed by atoms with E-state index in [1.54, 1.807) is 0 Å². The van der Waals surface area contributed by atoms with Crippen LogP contribution < -0.4 is 10.2 Å². The van der Waals surface area contributed by atoms with Gasteiger partial charge in [-0.15, -0.1) is 10.2 Å². The fourth-order valence-electron chi connectivity index (χ4n) is 4.51. The molecule has 3 heterocycles. The van der Waals surface area contributed by atoms with Crippen molar-refractivity contribution in [3.8, 4) is 5.69 Å². The number of hydrogen-bond donors (Lipinski definition) is 1. The fraction of sp³-hybridized carbons (Fsp3) is 0.520. The number of aryl methyl sites for hydroxylation is 2. The predicted octanol–water partition coefficient (Wildman–Crippen LogP) is 4.69. The summed E-state index contributed by atoms with van der Waals surface area (Å²) in [5, 5.41) is 17.6. The van der Waals surface area contributed by atoms with E-state index >= 15 is 0 Å². The highest BCUT2D eigenvalue weighted by Gasteiger charge is 2.32. The SMILES string of the molecule is Cc1ccc(-n2nc(C)c(NC(=O)CSc3nnc(N4CCC(C)CC4)n3C3CC3)c2C)cc1. The van der Waals surface area contributed by atoms with Gasteiger partial charge in [-0.05, 0) is 64.5 Å². The van der Waals surface area contributed by atoms with Gasteiger partial charge in [0.05, 0.1) is 28.5 Å². The Morgan fingerprint density at radius 2 is 1.76 bits per heavy atom. The average Bonchev–Trinajstić information content (AvgIpc) is 3.52. The number of aromatic nitrogens is 5. The van der Waals surface area contributed by atoms with E-state index in [0.29, 0.717) is 6.04 Å². The minimum absolute atomic E-state index is 0.0571. The van der Waals surface area contributed by atoms with Crippen molar-refractivity contribution in [3.05, 3.63) is 41.2 Å². The molecule has 8 nitrogen and oxygen atoms in total. The number of thioether (sulfide) groups is 1. The first-order valence-electron chi connectivity index (χ1n) is 12.2. The maximum atomic E-state index is 12.9. The number of hydrogen-bond acceptors (Lipinski definition) is 6. The Morgan fingerprint density at radius 3 is 2.44 bits per heavy atom. The van der Waals surface area contributed by atoms with Gasteiger partial charge in [0, 0.05) is 19.1 Å². The lowest BCUT2D eigenvalue weighted by molar-refractivity contribution is -0.113. The average molecular weight is 480 g/mol. The Bertz CT molecular complexity index is 1170. The van der Waals surface area contributed by atoms with Crippen LogP contribution in [0.4, 0.5) is 11.6 Å². The van der Waals surface area contributed by atoms with E-state index in [1.165, 1.54) is 30.2 Å². The molecular weight excluding hydrogens is 446 g/mol. The van der Waals surface area contributed by atoms with E-state index in [1.807, 2.05) is 30.7 Å². The first kappa shape index (κ1) is 23.0. The van der Waals surface area contributed by atoms with Gasteiger partial charge in [0.2, 0.25) is 11.9 Å². The van der Waals surface area contributed by atoms with E-state index in [0.717, 1.165) is 65.7 Å². The molecule has 1 aliphatic heterocycles. The summed E-state index contributed by atoms with van der Waals surface area (Å²) >= 11 is 1.47. The second-order valence-corrected chi connectivity index (χ2v) is 10.6. The maximum absolute atomic E-state index is 12.9.